The van der Waals surface area contributed by atoms with Crippen LogP contribution in [0.1, 0.15) is 24.2 Å². The molecule has 25 heavy (non-hydrogen) atoms. The molecule has 3 aromatic rings. The normalized spacial score (nSPS) is 12.2. The molecular weight excluding hydrogens is 347 g/mol. The minimum atomic E-state index is -0.579. The van der Waals surface area contributed by atoms with Gasteiger partial charge in [0.05, 0.1) is 17.3 Å². The molecule has 0 spiro atoms. The predicted molar refractivity (Wildman–Crippen MR) is 90.8 cm³/mol. The van der Waals surface area contributed by atoms with Crippen molar-refractivity contribution in [3.63, 3.8) is 0 Å². The molecule has 1 N–H and O–H groups in total. The molecule has 0 fully saturated rings. The molecule has 0 aliphatic rings. The van der Waals surface area contributed by atoms with Crippen molar-refractivity contribution >= 4 is 23.5 Å². The molecule has 7 nitrogen and oxygen atoms in total. The Bertz CT molecular complexity index is 886. The van der Waals surface area contributed by atoms with Crippen LogP contribution in [0.15, 0.2) is 36.8 Å². The van der Waals surface area contributed by atoms with Crippen molar-refractivity contribution in [3.05, 3.63) is 58.9 Å². The quantitative estimate of drug-likeness (QED) is 0.757. The molecule has 0 aliphatic heterocycles. The van der Waals surface area contributed by atoms with Crippen LogP contribution in [0.25, 0.3) is 0 Å². The lowest BCUT2D eigenvalue weighted by Crippen LogP contribution is -2.24. The van der Waals surface area contributed by atoms with Crippen LogP contribution in [-0.4, -0.2) is 30.5 Å². The molecule has 3 rings (SSSR count). The van der Waals surface area contributed by atoms with Gasteiger partial charge >= 0.3 is 0 Å². The molecule has 1 aromatic carbocycles. The summed E-state index contributed by atoms with van der Waals surface area (Å²) in [6.45, 7) is 3.67. The number of aromatic nitrogens is 5. The summed E-state index contributed by atoms with van der Waals surface area (Å²) in [5, 5.41) is 11.4. The van der Waals surface area contributed by atoms with E-state index in [1.165, 1.54) is 21.8 Å². The van der Waals surface area contributed by atoms with Crippen molar-refractivity contribution in [2.45, 2.75) is 26.4 Å². The fourth-order valence-corrected chi connectivity index (χ4v) is 2.36. The zero-order valence-electron chi connectivity index (χ0n) is 13.6. The minimum Gasteiger partial charge on any atom is -0.291 e. The van der Waals surface area contributed by atoms with Crippen molar-refractivity contribution in [1.82, 2.24) is 24.5 Å². The SMILES string of the molecule is Cc1nn(C(C)C(=O)Nc2ncn(Cc3ccccc3F)n2)cc1Cl. The maximum atomic E-state index is 13.7. The average Bonchev–Trinajstić information content (AvgIpc) is 3.15. The molecule has 0 radical (unpaired) electrons. The zero-order valence-corrected chi connectivity index (χ0v) is 14.4. The molecule has 2 aromatic heterocycles. The highest BCUT2D eigenvalue weighted by Gasteiger charge is 2.18. The van der Waals surface area contributed by atoms with E-state index in [1.54, 1.807) is 38.2 Å². The second-order valence-electron chi connectivity index (χ2n) is 5.56. The van der Waals surface area contributed by atoms with Gasteiger partial charge in [0.25, 0.3) is 5.91 Å². The molecule has 9 heteroatoms. The monoisotopic (exact) mass is 362 g/mol. The Morgan fingerprint density at radius 2 is 2.12 bits per heavy atom. The number of carbonyl (C=O) groups is 1. The van der Waals surface area contributed by atoms with Gasteiger partial charge in [-0.25, -0.2) is 14.1 Å². The van der Waals surface area contributed by atoms with Gasteiger partial charge in [0, 0.05) is 11.8 Å². The molecule has 0 bridgehead atoms. The number of carbonyl (C=O) groups excluding carboxylic acids is 1. The van der Waals surface area contributed by atoms with Gasteiger partial charge in [-0.2, -0.15) is 5.10 Å². The second-order valence-corrected chi connectivity index (χ2v) is 5.97. The molecule has 1 unspecified atom stereocenters. The van der Waals surface area contributed by atoms with E-state index in [0.29, 0.717) is 16.3 Å². The van der Waals surface area contributed by atoms with Gasteiger partial charge in [-0.05, 0) is 19.9 Å². The van der Waals surface area contributed by atoms with Gasteiger partial charge in [0.2, 0.25) is 5.95 Å². The fourth-order valence-electron chi connectivity index (χ4n) is 2.22. The summed E-state index contributed by atoms with van der Waals surface area (Å²) in [5.74, 6) is -0.505. The lowest BCUT2D eigenvalue weighted by Gasteiger charge is -2.10. The van der Waals surface area contributed by atoms with Gasteiger partial charge in [-0.3, -0.25) is 14.8 Å². The third kappa shape index (κ3) is 3.85. The Balaban J connectivity index is 1.66. The first-order valence-electron chi connectivity index (χ1n) is 7.59. The van der Waals surface area contributed by atoms with E-state index in [0.717, 1.165) is 0 Å². The Kier molecular flexibility index (Phi) is 4.80. The van der Waals surface area contributed by atoms with Crippen LogP contribution >= 0.6 is 11.6 Å². The van der Waals surface area contributed by atoms with Gasteiger partial charge in [-0.1, -0.05) is 29.8 Å². The average molecular weight is 363 g/mol. The van der Waals surface area contributed by atoms with Crippen LogP contribution in [-0.2, 0) is 11.3 Å². The fraction of sp³-hybridized carbons (Fsp3) is 0.250. The number of anilines is 1. The number of aryl methyl sites for hydroxylation is 1. The van der Waals surface area contributed by atoms with E-state index >= 15 is 0 Å². The number of nitrogens with one attached hydrogen (secondary N) is 1. The van der Waals surface area contributed by atoms with Crippen LogP contribution in [0.2, 0.25) is 5.02 Å². The minimum absolute atomic E-state index is 0.142. The Labute approximate surface area is 148 Å². The van der Waals surface area contributed by atoms with E-state index in [9.17, 15) is 9.18 Å². The van der Waals surface area contributed by atoms with Crippen molar-refractivity contribution in [2.24, 2.45) is 0 Å². The molecule has 1 atom stereocenters. The standard InChI is InChI=1S/C16H16ClFN6O/c1-10-13(17)8-24(21-10)11(2)15(25)20-16-19-9-23(22-16)7-12-5-3-4-6-14(12)18/h3-6,8-9,11H,7H2,1-2H3,(H,20,22,25). The van der Waals surface area contributed by atoms with Crippen molar-refractivity contribution < 1.29 is 9.18 Å². The molecule has 0 saturated carbocycles. The number of hydrogen-bond donors (Lipinski definition) is 1. The number of nitrogens with zero attached hydrogens (tertiary/aromatic N) is 5. The largest absolute Gasteiger partial charge is 0.291 e. The van der Waals surface area contributed by atoms with Crippen LogP contribution in [0, 0.1) is 12.7 Å². The number of amides is 1. The van der Waals surface area contributed by atoms with E-state index in [4.69, 9.17) is 11.6 Å². The molecule has 2 heterocycles. The van der Waals surface area contributed by atoms with Crippen LogP contribution < -0.4 is 5.32 Å². The topological polar surface area (TPSA) is 77.6 Å². The van der Waals surface area contributed by atoms with Crippen molar-refractivity contribution in [3.8, 4) is 0 Å². The number of hydrogen-bond acceptors (Lipinski definition) is 4. The molecule has 0 aliphatic carbocycles. The third-order valence-electron chi connectivity index (χ3n) is 3.69. The summed E-state index contributed by atoms with van der Waals surface area (Å²) in [6.07, 6.45) is 3.02. The molecule has 0 saturated heterocycles. The maximum absolute atomic E-state index is 13.7. The Hall–Kier alpha value is -2.74. The second kappa shape index (κ2) is 7.02. The van der Waals surface area contributed by atoms with Gasteiger partial charge in [-0.15, -0.1) is 5.10 Å². The van der Waals surface area contributed by atoms with Gasteiger partial charge in [0.15, 0.2) is 0 Å². The molecule has 1 amide bonds. The summed E-state index contributed by atoms with van der Waals surface area (Å²) < 4.78 is 16.6. The Morgan fingerprint density at radius 3 is 2.80 bits per heavy atom. The molecular formula is C16H16ClFN6O. The number of halogens is 2. The number of benzene rings is 1. The van der Waals surface area contributed by atoms with Crippen LogP contribution in [0.4, 0.5) is 10.3 Å². The van der Waals surface area contributed by atoms with Crippen LogP contribution in [0.5, 0.6) is 0 Å². The first kappa shape index (κ1) is 17.1. The summed E-state index contributed by atoms with van der Waals surface area (Å²) in [5.41, 5.74) is 1.13. The van der Waals surface area contributed by atoms with E-state index in [1.807, 2.05) is 0 Å². The first-order valence-corrected chi connectivity index (χ1v) is 7.97. The molecule has 130 valence electrons. The first-order chi connectivity index (χ1) is 11.9. The van der Waals surface area contributed by atoms with E-state index in [-0.39, 0.29) is 24.2 Å². The summed E-state index contributed by atoms with van der Waals surface area (Å²) >= 11 is 5.96. The van der Waals surface area contributed by atoms with Gasteiger partial charge in [0.1, 0.15) is 18.2 Å². The maximum Gasteiger partial charge on any atom is 0.251 e. The van der Waals surface area contributed by atoms with E-state index < -0.39 is 6.04 Å². The highest BCUT2D eigenvalue weighted by molar-refractivity contribution is 6.31. The lowest BCUT2D eigenvalue weighted by molar-refractivity contribution is -0.119. The summed E-state index contributed by atoms with van der Waals surface area (Å²) in [6, 6.07) is 5.84. The highest BCUT2D eigenvalue weighted by Crippen LogP contribution is 2.16. The Morgan fingerprint density at radius 1 is 1.36 bits per heavy atom. The lowest BCUT2D eigenvalue weighted by atomic mass is 10.2. The van der Waals surface area contributed by atoms with Crippen LogP contribution in [0.3, 0.4) is 0 Å². The van der Waals surface area contributed by atoms with Gasteiger partial charge < -0.3 is 0 Å². The van der Waals surface area contributed by atoms with Crippen molar-refractivity contribution in [1.29, 1.82) is 0 Å². The summed E-state index contributed by atoms with van der Waals surface area (Å²) in [4.78, 5) is 16.3. The van der Waals surface area contributed by atoms with Crippen molar-refractivity contribution in [2.75, 3.05) is 5.32 Å². The highest BCUT2D eigenvalue weighted by atomic mass is 35.5. The summed E-state index contributed by atoms with van der Waals surface area (Å²) in [7, 11) is 0. The number of rotatable bonds is 5. The smallest absolute Gasteiger partial charge is 0.251 e. The third-order valence-corrected chi connectivity index (χ3v) is 4.07. The zero-order chi connectivity index (χ0) is 18.0. The predicted octanol–water partition coefficient (Wildman–Crippen LogP) is 2.82. The van der Waals surface area contributed by atoms with E-state index in [2.05, 4.69) is 20.5 Å².